The summed E-state index contributed by atoms with van der Waals surface area (Å²) in [5.41, 5.74) is 1.80. The first-order valence-corrected chi connectivity index (χ1v) is 6.09. The van der Waals surface area contributed by atoms with Crippen LogP contribution in [0.3, 0.4) is 0 Å². The molecule has 0 aliphatic carbocycles. The van der Waals surface area contributed by atoms with E-state index in [1.54, 1.807) is 12.5 Å². The van der Waals surface area contributed by atoms with E-state index in [1.165, 1.54) is 0 Å². The monoisotopic (exact) mass is 231 g/mol. The lowest BCUT2D eigenvalue weighted by molar-refractivity contribution is 0.320. The summed E-state index contributed by atoms with van der Waals surface area (Å²) >= 11 is 0. The van der Waals surface area contributed by atoms with Crippen LogP contribution in [0.1, 0.15) is 26.1 Å². The number of hydrogen-bond acceptors (Lipinski definition) is 4. The predicted octanol–water partition coefficient (Wildman–Crippen LogP) is 1.24. The van der Waals surface area contributed by atoms with Gasteiger partial charge in [0.05, 0.1) is 6.20 Å². The summed E-state index contributed by atoms with van der Waals surface area (Å²) in [6, 6.07) is 0. The highest BCUT2D eigenvalue weighted by atomic mass is 15.1. The molecule has 1 unspecified atom stereocenters. The van der Waals surface area contributed by atoms with E-state index in [1.807, 2.05) is 0 Å². The number of nitrogens with one attached hydrogen (secondary N) is 2. The molecule has 0 spiro atoms. The van der Waals surface area contributed by atoms with E-state index < -0.39 is 0 Å². The van der Waals surface area contributed by atoms with Gasteiger partial charge < -0.3 is 10.3 Å². The van der Waals surface area contributed by atoms with Gasteiger partial charge in [-0.1, -0.05) is 13.8 Å². The number of nitrogens with zero attached hydrogens (tertiary/aromatic N) is 3. The molecule has 0 saturated carbocycles. The van der Waals surface area contributed by atoms with E-state index in [2.05, 4.69) is 39.1 Å². The molecule has 3 heterocycles. The molecule has 0 bridgehead atoms. The van der Waals surface area contributed by atoms with Crippen LogP contribution < -0.4 is 5.32 Å². The average Bonchev–Trinajstić information content (AvgIpc) is 2.96. The second-order valence-electron chi connectivity index (χ2n) is 5.08. The highest BCUT2D eigenvalue weighted by Gasteiger charge is 2.41. The van der Waals surface area contributed by atoms with Crippen LogP contribution in [0.25, 0.3) is 11.2 Å². The first kappa shape index (κ1) is 10.7. The number of imidazole rings is 1. The van der Waals surface area contributed by atoms with Gasteiger partial charge in [0.2, 0.25) is 0 Å². The SMILES string of the molecule is CC(C)C1(c2nc3ncncc3[nH]2)CCNC1. The Labute approximate surface area is 100 Å². The second kappa shape index (κ2) is 3.77. The molecule has 1 aliphatic heterocycles. The fraction of sp³-hybridized carbons (Fsp3) is 0.583. The number of aromatic nitrogens is 4. The molecule has 0 aromatic carbocycles. The Balaban J connectivity index is 2.12. The molecule has 1 fully saturated rings. The van der Waals surface area contributed by atoms with Crippen molar-refractivity contribution in [2.24, 2.45) is 5.92 Å². The quantitative estimate of drug-likeness (QED) is 0.816. The Bertz CT molecular complexity index is 491. The third-order valence-electron chi connectivity index (χ3n) is 3.93. The van der Waals surface area contributed by atoms with Crippen LogP contribution in [0.15, 0.2) is 12.5 Å². The van der Waals surface area contributed by atoms with Crippen molar-refractivity contribution in [1.82, 2.24) is 25.3 Å². The Morgan fingerprint density at radius 2 is 2.29 bits per heavy atom. The van der Waals surface area contributed by atoms with Crippen LogP contribution in [-0.4, -0.2) is 33.0 Å². The Morgan fingerprint density at radius 1 is 1.41 bits per heavy atom. The molecule has 1 atom stereocenters. The minimum atomic E-state index is 0.112. The molecule has 2 N–H and O–H groups in total. The number of fused-ring (bicyclic) bond motifs is 1. The fourth-order valence-corrected chi connectivity index (χ4v) is 2.68. The van der Waals surface area contributed by atoms with E-state index in [0.29, 0.717) is 5.92 Å². The Morgan fingerprint density at radius 3 is 2.94 bits per heavy atom. The van der Waals surface area contributed by atoms with Crippen molar-refractivity contribution in [2.75, 3.05) is 13.1 Å². The summed E-state index contributed by atoms with van der Waals surface area (Å²) in [5.74, 6) is 1.60. The summed E-state index contributed by atoms with van der Waals surface area (Å²) in [7, 11) is 0. The van der Waals surface area contributed by atoms with Crippen molar-refractivity contribution < 1.29 is 0 Å². The fourth-order valence-electron chi connectivity index (χ4n) is 2.68. The molecule has 5 heteroatoms. The standard InChI is InChI=1S/C12H17N5/c1-8(2)12(3-4-13-6-12)11-16-9-5-14-7-15-10(9)17-11/h5,7-8,13H,3-4,6H2,1-2H3,(H,14,15,16,17). The van der Waals surface area contributed by atoms with Crippen molar-refractivity contribution in [1.29, 1.82) is 0 Å². The maximum atomic E-state index is 4.64. The van der Waals surface area contributed by atoms with Crippen molar-refractivity contribution in [3.63, 3.8) is 0 Å². The number of hydrogen-bond donors (Lipinski definition) is 2. The topological polar surface area (TPSA) is 66.5 Å². The van der Waals surface area contributed by atoms with Gasteiger partial charge in [-0.25, -0.2) is 15.0 Å². The smallest absolute Gasteiger partial charge is 0.180 e. The van der Waals surface area contributed by atoms with Gasteiger partial charge in [0, 0.05) is 12.0 Å². The zero-order valence-electron chi connectivity index (χ0n) is 10.2. The van der Waals surface area contributed by atoms with Crippen molar-refractivity contribution in [3.8, 4) is 0 Å². The highest BCUT2D eigenvalue weighted by Crippen LogP contribution is 2.36. The second-order valence-corrected chi connectivity index (χ2v) is 5.08. The molecular formula is C12H17N5. The molecule has 5 nitrogen and oxygen atoms in total. The number of aromatic amines is 1. The summed E-state index contributed by atoms with van der Waals surface area (Å²) in [6.07, 6.45) is 4.45. The zero-order valence-corrected chi connectivity index (χ0v) is 10.2. The molecular weight excluding hydrogens is 214 g/mol. The summed E-state index contributed by atoms with van der Waals surface area (Å²) in [4.78, 5) is 16.2. The normalized spacial score (nSPS) is 24.9. The Hall–Kier alpha value is -1.49. The zero-order chi connectivity index (χ0) is 11.9. The Kier molecular flexibility index (Phi) is 2.36. The maximum Gasteiger partial charge on any atom is 0.180 e. The van der Waals surface area contributed by atoms with Gasteiger partial charge in [-0.15, -0.1) is 0 Å². The molecule has 3 rings (SSSR count). The largest absolute Gasteiger partial charge is 0.339 e. The summed E-state index contributed by atoms with van der Waals surface area (Å²) < 4.78 is 0. The van der Waals surface area contributed by atoms with Crippen LogP contribution in [-0.2, 0) is 5.41 Å². The lowest BCUT2D eigenvalue weighted by atomic mass is 9.76. The van der Waals surface area contributed by atoms with Gasteiger partial charge >= 0.3 is 0 Å². The molecule has 0 amide bonds. The maximum absolute atomic E-state index is 4.64. The van der Waals surface area contributed by atoms with Crippen LogP contribution in [0, 0.1) is 5.92 Å². The van der Waals surface area contributed by atoms with Crippen LogP contribution in [0.2, 0.25) is 0 Å². The van der Waals surface area contributed by atoms with Crippen molar-refractivity contribution >= 4 is 11.2 Å². The summed E-state index contributed by atoms with van der Waals surface area (Å²) in [5, 5.41) is 3.44. The molecule has 17 heavy (non-hydrogen) atoms. The molecule has 90 valence electrons. The van der Waals surface area contributed by atoms with E-state index in [9.17, 15) is 0 Å². The van der Waals surface area contributed by atoms with Gasteiger partial charge in [-0.3, -0.25) is 0 Å². The van der Waals surface area contributed by atoms with E-state index >= 15 is 0 Å². The third-order valence-corrected chi connectivity index (χ3v) is 3.93. The van der Waals surface area contributed by atoms with E-state index in [-0.39, 0.29) is 5.41 Å². The van der Waals surface area contributed by atoms with E-state index in [4.69, 9.17) is 0 Å². The third kappa shape index (κ3) is 1.53. The van der Waals surface area contributed by atoms with Crippen molar-refractivity contribution in [2.45, 2.75) is 25.7 Å². The lowest BCUT2D eigenvalue weighted by Gasteiger charge is -2.30. The average molecular weight is 231 g/mol. The van der Waals surface area contributed by atoms with Gasteiger partial charge in [0.15, 0.2) is 5.65 Å². The van der Waals surface area contributed by atoms with Crippen LogP contribution in [0.5, 0.6) is 0 Å². The predicted molar refractivity (Wildman–Crippen MR) is 65.7 cm³/mol. The molecule has 1 aliphatic rings. The van der Waals surface area contributed by atoms with E-state index in [0.717, 1.165) is 36.5 Å². The van der Waals surface area contributed by atoms with Gasteiger partial charge in [0.1, 0.15) is 17.7 Å². The highest BCUT2D eigenvalue weighted by molar-refractivity contribution is 5.69. The van der Waals surface area contributed by atoms with Gasteiger partial charge in [-0.2, -0.15) is 0 Å². The van der Waals surface area contributed by atoms with Crippen molar-refractivity contribution in [3.05, 3.63) is 18.3 Å². The van der Waals surface area contributed by atoms with Gasteiger partial charge in [0.25, 0.3) is 0 Å². The van der Waals surface area contributed by atoms with Gasteiger partial charge in [-0.05, 0) is 18.9 Å². The lowest BCUT2D eigenvalue weighted by Crippen LogP contribution is -2.35. The van der Waals surface area contributed by atoms with Crippen LogP contribution >= 0.6 is 0 Å². The number of H-pyrrole nitrogens is 1. The van der Waals surface area contributed by atoms with Crippen LogP contribution in [0.4, 0.5) is 0 Å². The minimum absolute atomic E-state index is 0.112. The molecule has 2 aromatic rings. The number of rotatable bonds is 2. The molecule has 2 aromatic heterocycles. The first-order chi connectivity index (χ1) is 8.22. The summed E-state index contributed by atoms with van der Waals surface area (Å²) in [6.45, 7) is 6.55. The minimum Gasteiger partial charge on any atom is -0.339 e. The molecule has 1 saturated heterocycles. The molecule has 0 radical (unpaired) electrons. The first-order valence-electron chi connectivity index (χ1n) is 6.09.